The van der Waals surface area contributed by atoms with Crippen molar-refractivity contribution in [3.63, 3.8) is 0 Å². The van der Waals surface area contributed by atoms with Crippen molar-refractivity contribution < 1.29 is 9.66 Å². The summed E-state index contributed by atoms with van der Waals surface area (Å²) in [6.45, 7) is 6.79. The van der Waals surface area contributed by atoms with Gasteiger partial charge in [-0.15, -0.1) is 0 Å². The lowest BCUT2D eigenvalue weighted by Gasteiger charge is -2.25. The smallest absolute Gasteiger partial charge is 0.311 e. The molecule has 6 heteroatoms. The normalized spacial score (nSPS) is 24.4. The molecular formula is C16H23N3O3. The van der Waals surface area contributed by atoms with Gasteiger partial charge in [-0.2, -0.15) is 0 Å². The largest absolute Gasteiger partial charge is 0.484 e. The molecule has 2 heterocycles. The predicted octanol–water partition coefficient (Wildman–Crippen LogP) is 2.71. The van der Waals surface area contributed by atoms with Gasteiger partial charge in [-0.1, -0.05) is 0 Å². The molecule has 2 aliphatic rings. The van der Waals surface area contributed by atoms with E-state index in [1.54, 1.807) is 6.07 Å². The van der Waals surface area contributed by atoms with Crippen LogP contribution in [-0.2, 0) is 0 Å². The monoisotopic (exact) mass is 305 g/mol. The van der Waals surface area contributed by atoms with E-state index in [1.165, 1.54) is 12.8 Å². The Labute approximate surface area is 130 Å². The summed E-state index contributed by atoms with van der Waals surface area (Å²) in [4.78, 5) is 13.1. The fraction of sp³-hybridized carbons (Fsp3) is 0.625. The molecule has 0 aromatic heterocycles. The van der Waals surface area contributed by atoms with Gasteiger partial charge in [0.25, 0.3) is 0 Å². The number of rotatable bonds is 4. The van der Waals surface area contributed by atoms with Gasteiger partial charge in [0.05, 0.1) is 11.0 Å². The molecule has 0 radical (unpaired) electrons. The molecule has 0 unspecified atom stereocenters. The number of anilines is 1. The van der Waals surface area contributed by atoms with E-state index in [9.17, 15) is 10.1 Å². The van der Waals surface area contributed by atoms with Crippen molar-refractivity contribution in [2.24, 2.45) is 0 Å². The molecule has 6 nitrogen and oxygen atoms in total. The Morgan fingerprint density at radius 2 is 2.23 bits per heavy atom. The molecule has 1 aromatic carbocycles. The maximum atomic E-state index is 11.1. The molecule has 2 fully saturated rings. The minimum absolute atomic E-state index is 0.0327. The summed E-state index contributed by atoms with van der Waals surface area (Å²) in [5, 5.41) is 14.8. The lowest BCUT2D eigenvalue weighted by molar-refractivity contribution is -0.386. The zero-order valence-electron chi connectivity index (χ0n) is 13.2. The first kappa shape index (κ1) is 15.1. The molecule has 120 valence electrons. The van der Waals surface area contributed by atoms with Crippen molar-refractivity contribution in [2.75, 3.05) is 24.5 Å². The summed E-state index contributed by atoms with van der Waals surface area (Å²) < 4.78 is 5.64. The van der Waals surface area contributed by atoms with Crippen molar-refractivity contribution in [3.05, 3.63) is 28.3 Å². The Bertz CT molecular complexity index is 568. The first-order valence-corrected chi connectivity index (χ1v) is 7.94. The molecular weight excluding hydrogens is 282 g/mol. The van der Waals surface area contributed by atoms with E-state index < -0.39 is 0 Å². The van der Waals surface area contributed by atoms with Gasteiger partial charge in [-0.3, -0.25) is 10.1 Å². The highest BCUT2D eigenvalue weighted by Crippen LogP contribution is 2.37. The van der Waals surface area contributed by atoms with Gasteiger partial charge in [-0.05, 0) is 45.7 Å². The first-order valence-electron chi connectivity index (χ1n) is 7.94. The molecule has 3 rings (SSSR count). The predicted molar refractivity (Wildman–Crippen MR) is 85.7 cm³/mol. The lowest BCUT2D eigenvalue weighted by atomic mass is 9.97. The number of nitrogens with one attached hydrogen (secondary N) is 1. The molecule has 0 saturated carbocycles. The van der Waals surface area contributed by atoms with E-state index in [0.29, 0.717) is 5.75 Å². The summed E-state index contributed by atoms with van der Waals surface area (Å²) in [6.07, 6.45) is 3.49. The summed E-state index contributed by atoms with van der Waals surface area (Å²) in [7, 11) is 0. The Balaban J connectivity index is 1.83. The molecule has 1 N–H and O–H groups in total. The fourth-order valence-electron chi connectivity index (χ4n) is 3.51. The number of hydrogen-bond donors (Lipinski definition) is 1. The van der Waals surface area contributed by atoms with E-state index in [4.69, 9.17) is 4.74 Å². The van der Waals surface area contributed by atoms with E-state index in [1.807, 2.05) is 26.0 Å². The molecule has 22 heavy (non-hydrogen) atoms. The van der Waals surface area contributed by atoms with Gasteiger partial charge in [-0.25, -0.2) is 0 Å². The van der Waals surface area contributed by atoms with Crippen molar-refractivity contribution in [2.45, 2.75) is 44.8 Å². The van der Waals surface area contributed by atoms with Crippen molar-refractivity contribution in [1.29, 1.82) is 0 Å². The van der Waals surface area contributed by atoms with Crippen LogP contribution in [0.25, 0.3) is 0 Å². The van der Waals surface area contributed by atoms with Gasteiger partial charge in [0.15, 0.2) is 5.75 Å². The molecule has 0 amide bonds. The maximum Gasteiger partial charge on any atom is 0.311 e. The van der Waals surface area contributed by atoms with E-state index in [2.05, 4.69) is 10.2 Å². The average Bonchev–Trinajstić information content (AvgIpc) is 3.08. The topological polar surface area (TPSA) is 67.6 Å². The quantitative estimate of drug-likeness (QED) is 0.684. The standard InChI is InChI=1S/C16H23N3O3/c1-12(2)22-15-10-13(4-5-14(15)19(20)21)18-9-7-16(11-18)6-3-8-17-16/h4-5,10,12,17H,3,6-9,11H2,1-2H3/t16-/m1/s1. The van der Waals surface area contributed by atoms with Crippen LogP contribution in [0.15, 0.2) is 18.2 Å². The number of nitro groups is 1. The second-order valence-corrected chi connectivity index (χ2v) is 6.56. The SMILES string of the molecule is CC(C)Oc1cc(N2CC[C@]3(CCCN3)C2)ccc1[N+](=O)[O-]. The van der Waals surface area contributed by atoms with E-state index >= 15 is 0 Å². The second kappa shape index (κ2) is 5.76. The van der Waals surface area contributed by atoms with E-state index in [-0.39, 0.29) is 22.3 Å². The van der Waals surface area contributed by atoms with Crippen molar-refractivity contribution in [3.8, 4) is 5.75 Å². The van der Waals surface area contributed by atoms with Crippen LogP contribution in [0.5, 0.6) is 5.75 Å². The third-order valence-corrected chi connectivity index (χ3v) is 4.55. The van der Waals surface area contributed by atoms with Gasteiger partial charge >= 0.3 is 5.69 Å². The molecule has 1 spiro atoms. The van der Waals surface area contributed by atoms with Crippen LogP contribution < -0.4 is 15.0 Å². The van der Waals surface area contributed by atoms with Gasteiger partial charge in [0.1, 0.15) is 0 Å². The summed E-state index contributed by atoms with van der Waals surface area (Å²) >= 11 is 0. The Kier molecular flexibility index (Phi) is 3.95. The number of nitrogens with zero attached hydrogens (tertiary/aromatic N) is 2. The average molecular weight is 305 g/mol. The Hall–Kier alpha value is -1.82. The highest BCUT2D eigenvalue weighted by Gasteiger charge is 2.40. The highest BCUT2D eigenvalue weighted by molar-refractivity contribution is 5.60. The Morgan fingerprint density at radius 3 is 2.86 bits per heavy atom. The summed E-state index contributed by atoms with van der Waals surface area (Å²) in [6, 6.07) is 5.20. The van der Waals surface area contributed by atoms with E-state index in [0.717, 1.165) is 31.7 Å². The zero-order chi connectivity index (χ0) is 15.7. The van der Waals surface area contributed by atoms with Gasteiger partial charge < -0.3 is 15.0 Å². The van der Waals surface area contributed by atoms with Crippen LogP contribution in [0.3, 0.4) is 0 Å². The molecule has 1 atom stereocenters. The number of hydrogen-bond acceptors (Lipinski definition) is 5. The van der Waals surface area contributed by atoms with Crippen LogP contribution in [0.4, 0.5) is 11.4 Å². The van der Waals surface area contributed by atoms with Gasteiger partial charge in [0, 0.05) is 36.4 Å². The second-order valence-electron chi connectivity index (χ2n) is 6.56. The molecule has 1 aromatic rings. The molecule has 0 aliphatic carbocycles. The third kappa shape index (κ3) is 2.88. The maximum absolute atomic E-state index is 11.1. The molecule has 0 bridgehead atoms. The Morgan fingerprint density at radius 1 is 1.41 bits per heavy atom. The lowest BCUT2D eigenvalue weighted by Crippen LogP contribution is -2.42. The zero-order valence-corrected chi connectivity index (χ0v) is 13.2. The van der Waals surface area contributed by atoms with Crippen LogP contribution in [0.2, 0.25) is 0 Å². The van der Waals surface area contributed by atoms with Crippen LogP contribution in [0, 0.1) is 10.1 Å². The van der Waals surface area contributed by atoms with Crippen LogP contribution in [-0.4, -0.2) is 36.2 Å². The summed E-state index contributed by atoms with van der Waals surface area (Å²) in [5.74, 6) is 0.359. The number of ether oxygens (including phenoxy) is 1. The minimum Gasteiger partial charge on any atom is -0.484 e. The van der Waals surface area contributed by atoms with Crippen molar-refractivity contribution >= 4 is 11.4 Å². The highest BCUT2D eigenvalue weighted by atomic mass is 16.6. The van der Waals surface area contributed by atoms with Crippen LogP contribution >= 0.6 is 0 Å². The molecule has 2 saturated heterocycles. The van der Waals surface area contributed by atoms with Crippen LogP contribution in [0.1, 0.15) is 33.1 Å². The minimum atomic E-state index is -0.383. The summed E-state index contributed by atoms with van der Waals surface area (Å²) in [5.41, 5.74) is 1.28. The number of nitro benzene ring substituents is 1. The number of benzene rings is 1. The van der Waals surface area contributed by atoms with Crippen molar-refractivity contribution in [1.82, 2.24) is 5.32 Å². The third-order valence-electron chi connectivity index (χ3n) is 4.55. The fourth-order valence-corrected chi connectivity index (χ4v) is 3.51. The first-order chi connectivity index (χ1) is 10.5. The molecule has 2 aliphatic heterocycles. The van der Waals surface area contributed by atoms with Gasteiger partial charge in [0.2, 0.25) is 0 Å².